The number of hydrogen-bond donors (Lipinski definition) is 0. The van der Waals surface area contributed by atoms with E-state index in [4.69, 9.17) is 26.0 Å². The fourth-order valence-electron chi connectivity index (χ4n) is 6.25. The van der Waals surface area contributed by atoms with Gasteiger partial charge >= 0.3 is 0 Å². The van der Waals surface area contributed by atoms with Crippen molar-refractivity contribution in [2.24, 2.45) is 0 Å². The highest BCUT2D eigenvalue weighted by Crippen LogP contribution is 2.42. The zero-order valence-electron chi connectivity index (χ0n) is 54.9. The molecule has 0 amide bonds. The summed E-state index contributed by atoms with van der Waals surface area (Å²) < 4.78 is 271. The van der Waals surface area contributed by atoms with Crippen LogP contribution in [0.25, 0.3) is 99.0 Å². The van der Waals surface area contributed by atoms with Gasteiger partial charge in [0, 0.05) is 38.0 Å². The van der Waals surface area contributed by atoms with Crippen LogP contribution in [0.2, 0.25) is 0 Å². The second-order valence-electron chi connectivity index (χ2n) is 11.0. The summed E-state index contributed by atoms with van der Waals surface area (Å²) in [5.41, 5.74) is -7.77. The Morgan fingerprint density at radius 2 is 0.740 bits per heavy atom. The molecule has 11 rings (SSSR count). The van der Waals surface area contributed by atoms with Gasteiger partial charge in [0.05, 0.1) is 68.7 Å². The van der Waals surface area contributed by atoms with Gasteiger partial charge in [-0.15, -0.1) is 0 Å². The molecule has 3 aromatic heterocycles. The van der Waals surface area contributed by atoms with Crippen LogP contribution in [-0.4, -0.2) is 8.97 Å². The number of rotatable bonds is 4. The molecule has 2 heteroatoms. The normalized spacial score (nSPS) is 20.4. The van der Waals surface area contributed by atoms with E-state index in [1.165, 1.54) is 0 Å². The molecule has 0 unspecified atom stereocenters. The van der Waals surface area contributed by atoms with E-state index in [2.05, 4.69) is 0 Å². The van der Waals surface area contributed by atoms with Crippen molar-refractivity contribution >= 4 is 59.9 Å². The van der Waals surface area contributed by atoms with Crippen molar-refractivity contribution in [2.75, 3.05) is 0 Å². The first-order chi connectivity index (χ1) is 37.3. The van der Waals surface area contributed by atoms with E-state index in [-0.39, 0.29) is 16.3 Å². The van der Waals surface area contributed by atoms with E-state index < -0.39 is 264 Å². The fraction of sp³-hybridized carbons (Fsp3) is 0. The SMILES string of the molecule is [2H]c1c([2H])c([2H])c(-c2c([2H])c([2H])c([2H])c(-n3c4c([2H])c([2H])c([2H])c([2H])c4c4c([2H])c(-c5c([2H])c([2H])c6c(c5[2H])c5c([2H])c([2H])c([2H])c7c8c([2H])c(-c9c([2H])c([2H])c([2H])c([2H])c9[2H])c([2H])c([2H])c8n6c75)c([2H])c([2H])c43)c2[2H])c([2H])c1[2H]. The van der Waals surface area contributed by atoms with Gasteiger partial charge in [-0.3, -0.25) is 0 Å². The lowest BCUT2D eigenvalue weighted by molar-refractivity contribution is 1.18. The molecule has 0 saturated heterocycles. The maximum atomic E-state index is 9.88. The predicted octanol–water partition coefficient (Wildman–Crippen LogP) is 12.9. The lowest BCUT2D eigenvalue weighted by Crippen LogP contribution is -1.94. The highest BCUT2D eigenvalue weighted by molar-refractivity contribution is 6.24. The Kier molecular flexibility index (Phi) is 2.34. The van der Waals surface area contributed by atoms with Gasteiger partial charge in [0.2, 0.25) is 0 Å². The molecule has 0 radical (unpaired) electrons. The lowest BCUT2D eigenvalue weighted by Gasteiger charge is -2.11. The van der Waals surface area contributed by atoms with Crippen molar-refractivity contribution < 1.29 is 41.1 Å². The summed E-state index contributed by atoms with van der Waals surface area (Å²) in [4.78, 5) is 0. The number of hydrogen-bond acceptors (Lipinski definition) is 0. The Morgan fingerprint density at radius 1 is 0.300 bits per heavy atom. The van der Waals surface area contributed by atoms with Crippen LogP contribution in [0.15, 0.2) is 181 Å². The average molecular weight is 665 g/mol. The standard InChI is InChI=1S/C48H30N2/c1-3-11-31(12-4-1)33-15-9-16-37(27-33)49-44-20-8-7-17-38(44)41-29-35(22-24-45(41)49)36-23-26-47-43(30-36)40-19-10-18-39-42-28-34(32-13-5-2-6-14-32)21-25-46(42)50(47)48(39)40/h1-30H/i1D,2D,3D,4D,5D,6D,7D,8D,9D,10D,11D,12D,13D,14D,15D,16D,17D,18D,19D,20D,21D,22D,23D,24D,25D,26D,27D,28D,29D,30D. The van der Waals surface area contributed by atoms with E-state index in [1.54, 1.807) is 0 Å². The summed E-state index contributed by atoms with van der Waals surface area (Å²) >= 11 is 0. The maximum absolute atomic E-state index is 9.88. The van der Waals surface area contributed by atoms with Crippen LogP contribution < -0.4 is 0 Å². The first kappa shape index (κ1) is 11.2. The van der Waals surface area contributed by atoms with Crippen LogP contribution >= 0.6 is 0 Å². The van der Waals surface area contributed by atoms with Crippen LogP contribution in [0, 0.1) is 0 Å². The molecule has 0 fully saturated rings. The molecule has 3 heterocycles. The van der Waals surface area contributed by atoms with E-state index in [0.29, 0.717) is 4.57 Å². The van der Waals surface area contributed by atoms with Crippen molar-refractivity contribution in [3.05, 3.63) is 181 Å². The highest BCUT2D eigenvalue weighted by Gasteiger charge is 2.19. The van der Waals surface area contributed by atoms with Gasteiger partial charge in [0.1, 0.15) is 0 Å². The average Bonchev–Trinajstić information content (AvgIpc) is 4.00. The molecule has 0 saturated carbocycles. The molecule has 0 aliphatic heterocycles. The highest BCUT2D eigenvalue weighted by atomic mass is 15.0. The molecule has 0 N–H and O–H groups in total. The summed E-state index contributed by atoms with van der Waals surface area (Å²) in [6.07, 6.45) is 0. The third-order valence-electron chi connectivity index (χ3n) is 8.35. The van der Waals surface area contributed by atoms with Gasteiger partial charge in [-0.1, -0.05) is 127 Å². The van der Waals surface area contributed by atoms with Crippen molar-refractivity contribution in [3.63, 3.8) is 0 Å². The van der Waals surface area contributed by atoms with Gasteiger partial charge in [0.15, 0.2) is 0 Å². The first-order valence-corrected chi connectivity index (χ1v) is 14.8. The Balaban J connectivity index is 1.30. The van der Waals surface area contributed by atoms with E-state index in [0.717, 1.165) is 4.40 Å². The molecule has 232 valence electrons. The Labute approximate surface area is 331 Å². The van der Waals surface area contributed by atoms with Crippen LogP contribution in [-0.2, 0) is 0 Å². The minimum atomic E-state index is -1.04. The zero-order valence-corrected chi connectivity index (χ0v) is 24.9. The predicted molar refractivity (Wildman–Crippen MR) is 212 cm³/mol. The number of benzene rings is 8. The fourth-order valence-corrected chi connectivity index (χ4v) is 6.25. The summed E-state index contributed by atoms with van der Waals surface area (Å²) in [6, 6.07) is -26.7. The van der Waals surface area contributed by atoms with E-state index >= 15 is 0 Å². The summed E-state index contributed by atoms with van der Waals surface area (Å²) in [7, 11) is 0. The minimum absolute atomic E-state index is 0.278. The minimum Gasteiger partial charge on any atom is -0.309 e. The number of nitrogens with zero attached hydrogens (tertiary/aromatic N) is 2. The topological polar surface area (TPSA) is 9.34 Å². The summed E-state index contributed by atoms with van der Waals surface area (Å²) in [5, 5.41) is -2.85. The largest absolute Gasteiger partial charge is 0.309 e. The quantitative estimate of drug-likeness (QED) is 0.177. The zero-order chi connectivity index (χ0) is 58.9. The summed E-state index contributed by atoms with van der Waals surface area (Å²) in [5.74, 6) is 0. The smallest absolute Gasteiger partial charge is 0.0651 e. The Bertz CT molecular complexity index is 4760. The van der Waals surface area contributed by atoms with Crippen molar-refractivity contribution in [1.82, 2.24) is 8.97 Å². The van der Waals surface area contributed by atoms with Gasteiger partial charge in [0.25, 0.3) is 0 Å². The molecule has 0 aliphatic carbocycles. The first-order valence-electron chi connectivity index (χ1n) is 29.8. The Hall–Kier alpha value is -6.64. The number of para-hydroxylation sites is 2. The maximum Gasteiger partial charge on any atom is 0.0651 e. The number of fused-ring (bicyclic) bond motifs is 9. The molecular formula is C48H30N2. The molecule has 0 bridgehead atoms. The number of aromatic nitrogens is 2. The second-order valence-corrected chi connectivity index (χ2v) is 11.0. The van der Waals surface area contributed by atoms with E-state index in [9.17, 15) is 15.1 Å². The van der Waals surface area contributed by atoms with Crippen molar-refractivity contribution in [1.29, 1.82) is 0 Å². The molecule has 11 aromatic rings. The van der Waals surface area contributed by atoms with Gasteiger partial charge < -0.3 is 8.97 Å². The molecule has 0 aliphatic rings. The van der Waals surface area contributed by atoms with Gasteiger partial charge in [-0.25, -0.2) is 0 Å². The third kappa shape index (κ3) is 3.90. The second kappa shape index (κ2) is 10.4. The van der Waals surface area contributed by atoms with Crippen molar-refractivity contribution in [2.45, 2.75) is 0 Å². The molecular weight excluding hydrogens is 605 g/mol. The van der Waals surface area contributed by atoms with Crippen molar-refractivity contribution in [3.8, 4) is 39.1 Å². The summed E-state index contributed by atoms with van der Waals surface area (Å²) in [6.45, 7) is 0. The van der Waals surface area contributed by atoms with Crippen LogP contribution in [0.4, 0.5) is 0 Å². The van der Waals surface area contributed by atoms with Crippen LogP contribution in [0.1, 0.15) is 41.1 Å². The Morgan fingerprint density at radius 3 is 1.38 bits per heavy atom. The molecule has 0 atom stereocenters. The van der Waals surface area contributed by atoms with Gasteiger partial charge in [-0.2, -0.15) is 0 Å². The van der Waals surface area contributed by atoms with E-state index in [1.807, 2.05) is 0 Å². The van der Waals surface area contributed by atoms with Crippen LogP contribution in [0.5, 0.6) is 0 Å². The molecule has 50 heavy (non-hydrogen) atoms. The molecule has 8 aromatic carbocycles. The molecule has 0 spiro atoms. The van der Waals surface area contributed by atoms with Crippen LogP contribution in [0.3, 0.4) is 0 Å². The monoisotopic (exact) mass is 664 g/mol. The lowest BCUT2D eigenvalue weighted by atomic mass is 9.99. The third-order valence-corrected chi connectivity index (χ3v) is 8.35. The molecule has 2 nitrogen and oxygen atoms in total. The van der Waals surface area contributed by atoms with Gasteiger partial charge in [-0.05, 0) is 87.8 Å².